The van der Waals surface area contributed by atoms with E-state index in [1.807, 2.05) is 36.4 Å². The lowest BCUT2D eigenvalue weighted by molar-refractivity contribution is 0.415. The van der Waals surface area contributed by atoms with Gasteiger partial charge in [-0.15, -0.1) is 0 Å². The molecule has 0 spiro atoms. The molecule has 0 fully saturated rings. The maximum Gasteiger partial charge on any atom is 0.269 e. The highest BCUT2D eigenvalue weighted by Crippen LogP contribution is 2.26. The predicted octanol–water partition coefficient (Wildman–Crippen LogP) is 3.07. The summed E-state index contributed by atoms with van der Waals surface area (Å²) in [6, 6.07) is 11.3. The molecule has 21 heavy (non-hydrogen) atoms. The van der Waals surface area contributed by atoms with E-state index in [2.05, 4.69) is 25.9 Å². The Morgan fingerprint density at radius 2 is 1.90 bits per heavy atom. The third kappa shape index (κ3) is 2.50. The number of aromatic hydroxyl groups is 1. The van der Waals surface area contributed by atoms with E-state index in [0.29, 0.717) is 11.4 Å². The van der Waals surface area contributed by atoms with Gasteiger partial charge in [0.25, 0.3) is 5.56 Å². The quantitative estimate of drug-likeness (QED) is 0.747. The summed E-state index contributed by atoms with van der Waals surface area (Å²) < 4.78 is 5.21. The topological polar surface area (TPSA) is 75.2 Å². The van der Waals surface area contributed by atoms with E-state index in [-0.39, 0.29) is 10.4 Å². The van der Waals surface area contributed by atoms with Crippen LogP contribution in [0.1, 0.15) is 0 Å². The molecular weight excluding hydrogens is 336 g/mol. The van der Waals surface area contributed by atoms with Crippen molar-refractivity contribution in [3.63, 3.8) is 0 Å². The summed E-state index contributed by atoms with van der Waals surface area (Å²) in [6.45, 7) is 0. The van der Waals surface area contributed by atoms with Gasteiger partial charge in [-0.25, -0.2) is 0 Å². The first-order chi connectivity index (χ1) is 10.1. The molecule has 0 saturated heterocycles. The maximum absolute atomic E-state index is 11.7. The minimum absolute atomic E-state index is 0.0248. The second kappa shape index (κ2) is 5.21. The van der Waals surface area contributed by atoms with Gasteiger partial charge in [0.05, 0.1) is 7.11 Å². The van der Waals surface area contributed by atoms with Gasteiger partial charge < -0.3 is 14.8 Å². The second-order valence-electron chi connectivity index (χ2n) is 4.48. The minimum atomic E-state index is -0.424. The van der Waals surface area contributed by atoms with Crippen LogP contribution in [0.5, 0.6) is 11.6 Å². The molecule has 0 aliphatic heterocycles. The van der Waals surface area contributed by atoms with Crippen LogP contribution in [0.3, 0.4) is 0 Å². The van der Waals surface area contributed by atoms with Crippen molar-refractivity contribution >= 4 is 26.7 Å². The van der Waals surface area contributed by atoms with Gasteiger partial charge in [-0.1, -0.05) is 18.2 Å². The summed E-state index contributed by atoms with van der Waals surface area (Å²) in [5.41, 5.74) is 0.292. The van der Waals surface area contributed by atoms with E-state index in [0.717, 1.165) is 16.5 Å². The first-order valence-corrected chi connectivity index (χ1v) is 6.95. The summed E-state index contributed by atoms with van der Waals surface area (Å²) in [7, 11) is 1.62. The van der Waals surface area contributed by atoms with Crippen LogP contribution in [0, 0.1) is 0 Å². The molecule has 3 rings (SSSR count). The van der Waals surface area contributed by atoms with Gasteiger partial charge in [-0.2, -0.15) is 4.98 Å². The molecule has 1 heterocycles. The molecule has 0 radical (unpaired) electrons. The van der Waals surface area contributed by atoms with Crippen molar-refractivity contribution in [2.45, 2.75) is 0 Å². The first-order valence-electron chi connectivity index (χ1n) is 6.15. The zero-order valence-electron chi connectivity index (χ0n) is 11.1. The van der Waals surface area contributed by atoms with Crippen LogP contribution in [-0.2, 0) is 0 Å². The van der Waals surface area contributed by atoms with Gasteiger partial charge in [0, 0.05) is 5.56 Å². The second-order valence-corrected chi connectivity index (χ2v) is 5.27. The largest absolute Gasteiger partial charge is 0.497 e. The molecule has 1 aromatic heterocycles. The third-order valence-electron chi connectivity index (χ3n) is 3.17. The summed E-state index contributed by atoms with van der Waals surface area (Å²) in [6.07, 6.45) is 0. The van der Waals surface area contributed by atoms with Crippen molar-refractivity contribution in [1.82, 2.24) is 9.97 Å². The zero-order valence-corrected chi connectivity index (χ0v) is 12.6. The van der Waals surface area contributed by atoms with E-state index >= 15 is 0 Å². The third-order valence-corrected chi connectivity index (χ3v) is 3.88. The lowest BCUT2D eigenvalue weighted by atomic mass is 10.1. The van der Waals surface area contributed by atoms with Crippen molar-refractivity contribution in [3.8, 4) is 23.0 Å². The van der Waals surface area contributed by atoms with E-state index in [1.165, 1.54) is 0 Å². The Morgan fingerprint density at radius 1 is 1.19 bits per heavy atom. The molecule has 2 N–H and O–H groups in total. The van der Waals surface area contributed by atoms with E-state index in [9.17, 15) is 9.90 Å². The molecule has 0 aliphatic carbocycles. The van der Waals surface area contributed by atoms with Gasteiger partial charge >= 0.3 is 0 Å². The molecule has 5 nitrogen and oxygen atoms in total. The van der Waals surface area contributed by atoms with Crippen LogP contribution in [-0.4, -0.2) is 22.2 Å². The van der Waals surface area contributed by atoms with Crippen LogP contribution < -0.4 is 10.3 Å². The maximum atomic E-state index is 11.7. The molecule has 0 saturated carbocycles. The molecule has 2 aromatic carbocycles. The van der Waals surface area contributed by atoms with Crippen LogP contribution in [0.4, 0.5) is 0 Å². The first kappa shape index (κ1) is 13.6. The number of aromatic amines is 1. The van der Waals surface area contributed by atoms with Gasteiger partial charge in [-0.3, -0.25) is 4.79 Å². The number of methoxy groups -OCH3 is 1. The molecule has 0 amide bonds. The standard InChI is InChI=1S/C15H11BrN2O3/c1-21-11-5-4-8-6-10(3-2-9(8)7-11)13-17-14(19)12(16)15(20)18-13/h2-7H,1H3,(H2,17,18,19,20). The Balaban J connectivity index is 2.15. The number of nitrogens with one attached hydrogen (secondary N) is 1. The highest BCUT2D eigenvalue weighted by atomic mass is 79.9. The molecule has 106 valence electrons. The highest BCUT2D eigenvalue weighted by Gasteiger charge is 2.09. The van der Waals surface area contributed by atoms with Crippen molar-refractivity contribution in [3.05, 3.63) is 51.2 Å². The lowest BCUT2D eigenvalue weighted by Crippen LogP contribution is -2.09. The molecular formula is C15H11BrN2O3. The normalized spacial score (nSPS) is 10.8. The Bertz CT molecular complexity index is 890. The van der Waals surface area contributed by atoms with Crippen molar-refractivity contribution in [2.75, 3.05) is 7.11 Å². The highest BCUT2D eigenvalue weighted by molar-refractivity contribution is 9.10. The van der Waals surface area contributed by atoms with Gasteiger partial charge in [-0.05, 0) is 44.9 Å². The smallest absolute Gasteiger partial charge is 0.269 e. The van der Waals surface area contributed by atoms with Crippen molar-refractivity contribution in [2.24, 2.45) is 0 Å². The summed E-state index contributed by atoms with van der Waals surface area (Å²) >= 11 is 2.97. The zero-order chi connectivity index (χ0) is 15.0. The van der Waals surface area contributed by atoms with E-state index < -0.39 is 5.56 Å². The predicted molar refractivity (Wildman–Crippen MR) is 83.7 cm³/mol. The van der Waals surface area contributed by atoms with Gasteiger partial charge in [0.2, 0.25) is 5.88 Å². The van der Waals surface area contributed by atoms with Crippen molar-refractivity contribution in [1.29, 1.82) is 0 Å². The number of rotatable bonds is 2. The van der Waals surface area contributed by atoms with Crippen LogP contribution in [0.25, 0.3) is 22.2 Å². The van der Waals surface area contributed by atoms with Gasteiger partial charge in [0.1, 0.15) is 16.0 Å². The average molecular weight is 347 g/mol. The molecule has 0 bridgehead atoms. The Hall–Kier alpha value is -2.34. The molecule has 0 atom stereocenters. The lowest BCUT2D eigenvalue weighted by Gasteiger charge is -2.06. The molecule has 0 aliphatic rings. The van der Waals surface area contributed by atoms with Crippen molar-refractivity contribution < 1.29 is 9.84 Å². The fraction of sp³-hybridized carbons (Fsp3) is 0.0667. The molecule has 3 aromatic rings. The summed E-state index contributed by atoms with van der Waals surface area (Å²) in [5.74, 6) is 0.769. The molecule has 0 unspecified atom stereocenters. The number of halogens is 1. The number of ether oxygens (including phenoxy) is 1. The number of aromatic nitrogens is 2. The Morgan fingerprint density at radius 3 is 2.62 bits per heavy atom. The Kier molecular flexibility index (Phi) is 3.39. The number of H-pyrrole nitrogens is 1. The number of hydrogen-bond acceptors (Lipinski definition) is 4. The van der Waals surface area contributed by atoms with Crippen LogP contribution in [0.15, 0.2) is 45.7 Å². The fourth-order valence-electron chi connectivity index (χ4n) is 2.08. The molecule has 6 heteroatoms. The minimum Gasteiger partial charge on any atom is -0.497 e. The average Bonchev–Trinajstić information content (AvgIpc) is 2.51. The van der Waals surface area contributed by atoms with Gasteiger partial charge in [0.15, 0.2) is 0 Å². The number of nitrogens with zero attached hydrogens (tertiary/aromatic N) is 1. The van der Waals surface area contributed by atoms with E-state index in [4.69, 9.17) is 4.74 Å². The van der Waals surface area contributed by atoms with E-state index in [1.54, 1.807) is 7.11 Å². The number of benzene rings is 2. The number of fused-ring (bicyclic) bond motifs is 1. The fourth-order valence-corrected chi connectivity index (χ4v) is 2.27. The summed E-state index contributed by atoms with van der Waals surface area (Å²) in [4.78, 5) is 18.3. The monoisotopic (exact) mass is 346 g/mol. The van der Waals surface area contributed by atoms with Crippen LogP contribution in [0.2, 0.25) is 0 Å². The summed E-state index contributed by atoms with van der Waals surface area (Å²) in [5, 5.41) is 11.6. The Labute approximate surface area is 128 Å². The SMILES string of the molecule is COc1ccc2cc(-c3nc(O)c(Br)c(=O)[nH]3)ccc2c1. The number of hydrogen-bond donors (Lipinski definition) is 2. The van der Waals surface area contributed by atoms with Crippen LogP contribution >= 0.6 is 15.9 Å².